The van der Waals surface area contributed by atoms with Gasteiger partial charge in [0, 0.05) is 6.54 Å². The van der Waals surface area contributed by atoms with Crippen LogP contribution in [0.4, 0.5) is 0 Å². The number of carbonyl (C=O) groups is 2. The molecule has 5 heteroatoms. The summed E-state index contributed by atoms with van der Waals surface area (Å²) >= 11 is 0. The fourth-order valence-electron chi connectivity index (χ4n) is 5.79. The molecule has 4 bridgehead atoms. The molecule has 4 saturated carbocycles. The Bertz CT molecular complexity index is 646. The van der Waals surface area contributed by atoms with Crippen molar-refractivity contribution in [3.05, 3.63) is 29.8 Å². The Labute approximate surface area is 154 Å². The van der Waals surface area contributed by atoms with Crippen molar-refractivity contribution in [1.29, 1.82) is 0 Å². The molecule has 4 fully saturated rings. The first-order valence-corrected chi connectivity index (χ1v) is 9.63. The molecule has 4 aliphatic rings. The summed E-state index contributed by atoms with van der Waals surface area (Å²) in [5.74, 6) is 2.58. The maximum absolute atomic E-state index is 12.2. The Balaban J connectivity index is 1.25. The maximum atomic E-state index is 12.2. The van der Waals surface area contributed by atoms with E-state index in [1.165, 1.54) is 38.5 Å². The second-order valence-corrected chi connectivity index (χ2v) is 8.50. The minimum atomic E-state index is -0.488. The Morgan fingerprint density at radius 1 is 1.04 bits per heavy atom. The van der Waals surface area contributed by atoms with Crippen molar-refractivity contribution < 1.29 is 19.1 Å². The van der Waals surface area contributed by atoms with E-state index in [2.05, 4.69) is 5.32 Å². The van der Waals surface area contributed by atoms with Gasteiger partial charge in [-0.1, -0.05) is 0 Å². The van der Waals surface area contributed by atoms with Crippen LogP contribution in [0.3, 0.4) is 0 Å². The smallest absolute Gasteiger partial charge is 0.338 e. The monoisotopic (exact) mass is 357 g/mol. The predicted molar refractivity (Wildman–Crippen MR) is 96.9 cm³/mol. The Kier molecular flexibility index (Phi) is 4.63. The van der Waals surface area contributed by atoms with E-state index >= 15 is 0 Å². The van der Waals surface area contributed by atoms with Crippen LogP contribution in [0.2, 0.25) is 0 Å². The first kappa shape index (κ1) is 17.4. The van der Waals surface area contributed by atoms with E-state index in [1.54, 1.807) is 31.4 Å². The van der Waals surface area contributed by atoms with Gasteiger partial charge in [-0.2, -0.15) is 0 Å². The van der Waals surface area contributed by atoms with E-state index in [0.29, 0.717) is 16.7 Å². The molecular weight excluding hydrogens is 330 g/mol. The van der Waals surface area contributed by atoms with Gasteiger partial charge >= 0.3 is 5.97 Å². The normalized spacial score (nSPS) is 31.5. The fourth-order valence-corrected chi connectivity index (χ4v) is 5.79. The number of ether oxygens (including phenoxy) is 2. The van der Waals surface area contributed by atoms with Crippen LogP contribution in [0.5, 0.6) is 5.75 Å². The van der Waals surface area contributed by atoms with Crippen LogP contribution < -0.4 is 10.1 Å². The quantitative estimate of drug-likeness (QED) is 0.794. The molecule has 4 aliphatic carbocycles. The minimum absolute atomic E-state index is 0.206. The number of rotatable bonds is 6. The van der Waals surface area contributed by atoms with Gasteiger partial charge in [-0.05, 0) is 86.0 Å². The van der Waals surface area contributed by atoms with Crippen LogP contribution in [-0.2, 0) is 9.53 Å². The predicted octanol–water partition coefficient (Wildman–Crippen LogP) is 3.18. The van der Waals surface area contributed by atoms with Crippen LogP contribution in [0.25, 0.3) is 0 Å². The molecule has 5 nitrogen and oxygen atoms in total. The Hall–Kier alpha value is -2.04. The van der Waals surface area contributed by atoms with E-state index in [-0.39, 0.29) is 12.5 Å². The van der Waals surface area contributed by atoms with Crippen LogP contribution >= 0.6 is 0 Å². The summed E-state index contributed by atoms with van der Waals surface area (Å²) in [6.07, 6.45) is 7.95. The number of carbonyl (C=O) groups excluding carboxylic acids is 2. The summed E-state index contributed by atoms with van der Waals surface area (Å²) in [4.78, 5) is 24.2. The lowest BCUT2D eigenvalue weighted by molar-refractivity contribution is -0.126. The summed E-state index contributed by atoms with van der Waals surface area (Å²) in [6, 6.07) is 6.66. The molecule has 5 rings (SSSR count). The largest absolute Gasteiger partial charge is 0.497 e. The zero-order chi connectivity index (χ0) is 18.1. The number of esters is 1. The van der Waals surface area contributed by atoms with E-state index in [1.807, 2.05) is 0 Å². The van der Waals surface area contributed by atoms with Crippen LogP contribution in [0, 0.1) is 23.2 Å². The summed E-state index contributed by atoms with van der Waals surface area (Å²) in [7, 11) is 1.57. The molecule has 1 amide bonds. The molecule has 0 unspecified atom stereocenters. The lowest BCUT2D eigenvalue weighted by Gasteiger charge is -2.56. The number of hydrogen-bond acceptors (Lipinski definition) is 4. The molecule has 0 radical (unpaired) electrons. The standard InChI is InChI=1S/C21H27NO4/c1-25-18-4-2-17(3-5-18)20(24)26-12-19(23)22-13-21-9-14-6-15(10-21)8-16(7-14)11-21/h2-5,14-16H,6-13H2,1H3,(H,22,23). The highest BCUT2D eigenvalue weighted by Gasteiger charge is 2.50. The molecular formula is C21H27NO4. The molecule has 0 aromatic heterocycles. The van der Waals surface area contributed by atoms with Crippen molar-refractivity contribution in [3.63, 3.8) is 0 Å². The van der Waals surface area contributed by atoms with Gasteiger partial charge in [0.05, 0.1) is 12.7 Å². The van der Waals surface area contributed by atoms with E-state index in [4.69, 9.17) is 9.47 Å². The van der Waals surface area contributed by atoms with Gasteiger partial charge in [0.1, 0.15) is 5.75 Å². The third-order valence-corrected chi connectivity index (χ3v) is 6.49. The van der Waals surface area contributed by atoms with E-state index < -0.39 is 5.97 Å². The van der Waals surface area contributed by atoms with Gasteiger partial charge in [0.2, 0.25) is 0 Å². The van der Waals surface area contributed by atoms with Crippen molar-refractivity contribution in [3.8, 4) is 5.75 Å². The molecule has 0 heterocycles. The molecule has 0 atom stereocenters. The molecule has 26 heavy (non-hydrogen) atoms. The molecule has 1 aromatic rings. The van der Waals surface area contributed by atoms with Gasteiger partial charge in [0.25, 0.3) is 5.91 Å². The summed E-state index contributed by atoms with van der Waals surface area (Å²) in [5.41, 5.74) is 0.712. The van der Waals surface area contributed by atoms with Crippen molar-refractivity contribution in [2.75, 3.05) is 20.3 Å². The average molecular weight is 357 g/mol. The van der Waals surface area contributed by atoms with Gasteiger partial charge in [-0.15, -0.1) is 0 Å². The lowest BCUT2D eigenvalue weighted by atomic mass is 9.49. The first-order valence-electron chi connectivity index (χ1n) is 9.63. The fraction of sp³-hybridized carbons (Fsp3) is 0.619. The second kappa shape index (κ2) is 6.93. The van der Waals surface area contributed by atoms with Gasteiger partial charge in [-0.3, -0.25) is 4.79 Å². The highest BCUT2D eigenvalue weighted by Crippen LogP contribution is 2.59. The zero-order valence-electron chi connectivity index (χ0n) is 15.3. The van der Waals surface area contributed by atoms with Crippen molar-refractivity contribution >= 4 is 11.9 Å². The third-order valence-electron chi connectivity index (χ3n) is 6.49. The van der Waals surface area contributed by atoms with Crippen molar-refractivity contribution in [2.45, 2.75) is 38.5 Å². The number of nitrogens with one attached hydrogen (secondary N) is 1. The van der Waals surface area contributed by atoms with Crippen LogP contribution in [0.1, 0.15) is 48.9 Å². The third kappa shape index (κ3) is 3.57. The highest BCUT2D eigenvalue weighted by atomic mass is 16.5. The van der Waals surface area contributed by atoms with Gasteiger partial charge < -0.3 is 14.8 Å². The first-order chi connectivity index (χ1) is 12.5. The number of methoxy groups -OCH3 is 1. The van der Waals surface area contributed by atoms with E-state index in [0.717, 1.165) is 24.3 Å². The molecule has 1 aromatic carbocycles. The Morgan fingerprint density at radius 2 is 1.62 bits per heavy atom. The highest BCUT2D eigenvalue weighted by molar-refractivity contribution is 5.91. The molecule has 0 aliphatic heterocycles. The molecule has 140 valence electrons. The average Bonchev–Trinajstić information content (AvgIpc) is 2.63. The van der Waals surface area contributed by atoms with Gasteiger partial charge in [-0.25, -0.2) is 4.79 Å². The second-order valence-electron chi connectivity index (χ2n) is 8.50. The summed E-state index contributed by atoms with van der Waals surface area (Å²) in [5, 5.41) is 3.03. The van der Waals surface area contributed by atoms with Crippen molar-refractivity contribution in [1.82, 2.24) is 5.32 Å². The SMILES string of the molecule is COc1ccc(C(=O)OCC(=O)NCC23CC4CC(CC(C4)C2)C3)cc1. The lowest BCUT2D eigenvalue weighted by Crippen LogP contribution is -2.51. The van der Waals surface area contributed by atoms with Gasteiger partial charge in [0.15, 0.2) is 6.61 Å². The van der Waals surface area contributed by atoms with Crippen LogP contribution in [-0.4, -0.2) is 32.1 Å². The van der Waals surface area contributed by atoms with E-state index in [9.17, 15) is 9.59 Å². The van der Waals surface area contributed by atoms with Crippen LogP contribution in [0.15, 0.2) is 24.3 Å². The molecule has 0 spiro atoms. The van der Waals surface area contributed by atoms with Crippen molar-refractivity contribution in [2.24, 2.45) is 23.2 Å². The number of benzene rings is 1. The number of amides is 1. The Morgan fingerprint density at radius 3 is 2.15 bits per heavy atom. The minimum Gasteiger partial charge on any atom is -0.497 e. The number of hydrogen-bond donors (Lipinski definition) is 1. The zero-order valence-corrected chi connectivity index (χ0v) is 15.3. The topological polar surface area (TPSA) is 64.6 Å². The maximum Gasteiger partial charge on any atom is 0.338 e. The summed E-state index contributed by atoms with van der Waals surface area (Å²) < 4.78 is 10.2. The molecule has 0 saturated heterocycles. The summed E-state index contributed by atoms with van der Waals surface area (Å²) in [6.45, 7) is 0.507. The molecule has 1 N–H and O–H groups in total.